The fourth-order valence-electron chi connectivity index (χ4n) is 1.78. The summed E-state index contributed by atoms with van der Waals surface area (Å²) in [6, 6.07) is 10.2. The standard InChI is InChI=1S/C12H11N3/c1-2-4-10(5-3-1)12-14-9-11-8-13-6-7-15(11)12/h1-7,9,13H,8H2. The first kappa shape index (κ1) is 8.29. The molecule has 2 heterocycles. The molecular weight excluding hydrogens is 186 g/mol. The van der Waals surface area contributed by atoms with Crippen molar-refractivity contribution in [1.29, 1.82) is 0 Å². The normalized spacial score (nSPS) is 13.3. The highest BCUT2D eigenvalue weighted by Crippen LogP contribution is 2.20. The average molecular weight is 197 g/mol. The Morgan fingerprint density at radius 1 is 1.20 bits per heavy atom. The van der Waals surface area contributed by atoms with E-state index < -0.39 is 0 Å². The fraction of sp³-hybridized carbons (Fsp3) is 0.0833. The third-order valence-corrected chi connectivity index (χ3v) is 2.53. The average Bonchev–Trinajstić information content (AvgIpc) is 2.74. The lowest BCUT2D eigenvalue weighted by Crippen LogP contribution is -2.13. The van der Waals surface area contributed by atoms with Crippen LogP contribution in [0, 0.1) is 0 Å². The molecule has 1 N–H and O–H groups in total. The van der Waals surface area contributed by atoms with Gasteiger partial charge in [0, 0.05) is 18.0 Å². The van der Waals surface area contributed by atoms with Crippen molar-refractivity contribution in [2.24, 2.45) is 0 Å². The van der Waals surface area contributed by atoms with Crippen LogP contribution in [0.1, 0.15) is 5.69 Å². The molecule has 0 radical (unpaired) electrons. The van der Waals surface area contributed by atoms with E-state index in [0.29, 0.717) is 0 Å². The van der Waals surface area contributed by atoms with Gasteiger partial charge in [-0.05, 0) is 0 Å². The highest BCUT2D eigenvalue weighted by atomic mass is 15.1. The number of imidazole rings is 1. The fourth-order valence-corrected chi connectivity index (χ4v) is 1.78. The Morgan fingerprint density at radius 3 is 2.93 bits per heavy atom. The molecule has 3 rings (SSSR count). The van der Waals surface area contributed by atoms with Crippen molar-refractivity contribution in [2.75, 3.05) is 0 Å². The summed E-state index contributed by atoms with van der Waals surface area (Å²) in [4.78, 5) is 4.44. The van der Waals surface area contributed by atoms with E-state index in [1.807, 2.05) is 36.8 Å². The van der Waals surface area contributed by atoms with E-state index in [0.717, 1.165) is 17.9 Å². The number of rotatable bonds is 1. The van der Waals surface area contributed by atoms with Crippen molar-refractivity contribution in [3.8, 4) is 11.4 Å². The topological polar surface area (TPSA) is 29.9 Å². The van der Waals surface area contributed by atoms with E-state index >= 15 is 0 Å². The van der Waals surface area contributed by atoms with Crippen LogP contribution >= 0.6 is 0 Å². The van der Waals surface area contributed by atoms with Crippen LogP contribution in [-0.2, 0) is 6.54 Å². The third kappa shape index (κ3) is 1.32. The Morgan fingerprint density at radius 2 is 2.07 bits per heavy atom. The van der Waals surface area contributed by atoms with E-state index in [9.17, 15) is 0 Å². The van der Waals surface area contributed by atoms with Gasteiger partial charge in [-0.2, -0.15) is 0 Å². The van der Waals surface area contributed by atoms with Crippen molar-refractivity contribution in [1.82, 2.24) is 14.9 Å². The maximum Gasteiger partial charge on any atom is 0.144 e. The van der Waals surface area contributed by atoms with Gasteiger partial charge in [-0.3, -0.25) is 0 Å². The minimum Gasteiger partial charge on any atom is -0.384 e. The molecule has 0 atom stereocenters. The number of fused-ring (bicyclic) bond motifs is 1. The Bertz CT molecular complexity index is 497. The predicted molar refractivity (Wildman–Crippen MR) is 59.8 cm³/mol. The maximum absolute atomic E-state index is 4.44. The van der Waals surface area contributed by atoms with Gasteiger partial charge in [0.05, 0.1) is 18.4 Å². The molecule has 0 saturated carbocycles. The number of nitrogens with zero attached hydrogens (tertiary/aromatic N) is 2. The van der Waals surface area contributed by atoms with E-state index in [-0.39, 0.29) is 0 Å². The van der Waals surface area contributed by atoms with Gasteiger partial charge in [0.1, 0.15) is 5.82 Å². The molecule has 0 fully saturated rings. The van der Waals surface area contributed by atoms with Crippen molar-refractivity contribution in [3.05, 3.63) is 48.4 Å². The first-order valence-electron chi connectivity index (χ1n) is 4.97. The molecule has 1 aliphatic rings. The summed E-state index contributed by atoms with van der Waals surface area (Å²) < 4.78 is 2.12. The van der Waals surface area contributed by atoms with Crippen LogP contribution in [0.3, 0.4) is 0 Å². The molecular formula is C12H11N3. The molecule has 1 aliphatic heterocycles. The van der Waals surface area contributed by atoms with Crippen molar-refractivity contribution in [3.63, 3.8) is 0 Å². The molecule has 74 valence electrons. The predicted octanol–water partition coefficient (Wildman–Crippen LogP) is 2.08. The lowest BCUT2D eigenvalue weighted by atomic mass is 10.2. The summed E-state index contributed by atoms with van der Waals surface area (Å²) in [5.74, 6) is 1.00. The molecule has 1 aromatic heterocycles. The second-order valence-electron chi connectivity index (χ2n) is 3.51. The zero-order valence-electron chi connectivity index (χ0n) is 8.22. The SMILES string of the molecule is C1=Cn2c(cnc2-c2ccccc2)CN1. The lowest BCUT2D eigenvalue weighted by molar-refractivity contribution is 0.791. The van der Waals surface area contributed by atoms with Gasteiger partial charge in [-0.1, -0.05) is 30.3 Å². The summed E-state index contributed by atoms with van der Waals surface area (Å²) in [7, 11) is 0. The molecule has 15 heavy (non-hydrogen) atoms. The van der Waals surface area contributed by atoms with Crippen LogP contribution in [0.4, 0.5) is 0 Å². The molecule has 0 bridgehead atoms. The molecule has 2 aromatic rings. The summed E-state index contributed by atoms with van der Waals surface area (Å²) in [5, 5.41) is 3.16. The third-order valence-electron chi connectivity index (χ3n) is 2.53. The Balaban J connectivity index is 2.15. The van der Waals surface area contributed by atoms with E-state index in [2.05, 4.69) is 27.0 Å². The number of hydrogen-bond donors (Lipinski definition) is 1. The molecule has 0 aliphatic carbocycles. The van der Waals surface area contributed by atoms with E-state index in [1.54, 1.807) is 0 Å². The van der Waals surface area contributed by atoms with Crippen molar-refractivity contribution in [2.45, 2.75) is 6.54 Å². The number of aromatic nitrogens is 2. The first-order chi connectivity index (χ1) is 7.45. The van der Waals surface area contributed by atoms with Gasteiger partial charge in [-0.15, -0.1) is 0 Å². The van der Waals surface area contributed by atoms with E-state index in [1.165, 1.54) is 5.69 Å². The Labute approximate surface area is 88.1 Å². The van der Waals surface area contributed by atoms with Gasteiger partial charge in [0.2, 0.25) is 0 Å². The molecule has 0 unspecified atom stereocenters. The zero-order valence-corrected chi connectivity index (χ0v) is 8.22. The van der Waals surface area contributed by atoms with Crippen LogP contribution < -0.4 is 5.32 Å². The summed E-state index contributed by atoms with van der Waals surface area (Å²) >= 11 is 0. The monoisotopic (exact) mass is 197 g/mol. The molecule has 1 aromatic carbocycles. The summed E-state index contributed by atoms with van der Waals surface area (Å²) in [6.45, 7) is 0.844. The van der Waals surface area contributed by atoms with E-state index in [4.69, 9.17) is 0 Å². The highest BCUT2D eigenvalue weighted by Gasteiger charge is 2.10. The highest BCUT2D eigenvalue weighted by molar-refractivity contribution is 5.59. The Kier molecular flexibility index (Phi) is 1.81. The quantitative estimate of drug-likeness (QED) is 0.758. The largest absolute Gasteiger partial charge is 0.384 e. The van der Waals surface area contributed by atoms with Crippen LogP contribution in [0.15, 0.2) is 42.7 Å². The smallest absolute Gasteiger partial charge is 0.144 e. The van der Waals surface area contributed by atoms with Crippen molar-refractivity contribution < 1.29 is 0 Å². The second kappa shape index (κ2) is 3.28. The summed E-state index contributed by atoms with van der Waals surface area (Å²) in [5.41, 5.74) is 2.34. The molecule has 0 amide bonds. The van der Waals surface area contributed by atoms with Crippen molar-refractivity contribution >= 4 is 6.20 Å². The van der Waals surface area contributed by atoms with Gasteiger partial charge in [0.25, 0.3) is 0 Å². The Hall–Kier alpha value is -2.03. The first-order valence-corrected chi connectivity index (χ1v) is 4.97. The molecule has 3 nitrogen and oxygen atoms in total. The van der Waals surface area contributed by atoms with Crippen LogP contribution in [-0.4, -0.2) is 9.55 Å². The minimum absolute atomic E-state index is 0.844. The second-order valence-corrected chi connectivity index (χ2v) is 3.51. The minimum atomic E-state index is 0.844. The lowest BCUT2D eigenvalue weighted by Gasteiger charge is -2.11. The molecule has 0 spiro atoms. The van der Waals surface area contributed by atoms with Gasteiger partial charge >= 0.3 is 0 Å². The van der Waals surface area contributed by atoms with Gasteiger partial charge < -0.3 is 9.88 Å². The van der Waals surface area contributed by atoms with Gasteiger partial charge in [-0.25, -0.2) is 4.98 Å². The molecule has 3 heteroatoms. The number of hydrogen-bond acceptors (Lipinski definition) is 2. The maximum atomic E-state index is 4.44. The zero-order chi connectivity index (χ0) is 10.1. The number of nitrogens with one attached hydrogen (secondary N) is 1. The van der Waals surface area contributed by atoms with Crippen LogP contribution in [0.2, 0.25) is 0 Å². The number of benzene rings is 1. The van der Waals surface area contributed by atoms with Crippen LogP contribution in [0.5, 0.6) is 0 Å². The molecule has 0 saturated heterocycles. The van der Waals surface area contributed by atoms with Crippen LogP contribution in [0.25, 0.3) is 17.6 Å². The summed E-state index contributed by atoms with van der Waals surface area (Å²) in [6.07, 6.45) is 5.87. The van der Waals surface area contributed by atoms with Gasteiger partial charge in [0.15, 0.2) is 0 Å².